The zero-order valence-corrected chi connectivity index (χ0v) is 14.0. The molecule has 4 rings (SSSR count). The van der Waals surface area contributed by atoms with E-state index in [0.717, 1.165) is 24.3 Å². The molecule has 1 saturated heterocycles. The van der Waals surface area contributed by atoms with Crippen molar-refractivity contribution < 1.29 is 9.53 Å². The van der Waals surface area contributed by atoms with Gasteiger partial charge in [-0.1, -0.05) is 42.5 Å². The Hall–Kier alpha value is -2.29. The van der Waals surface area contributed by atoms with Gasteiger partial charge in [-0.05, 0) is 48.4 Å². The van der Waals surface area contributed by atoms with Crippen LogP contribution in [-0.2, 0) is 10.2 Å². The van der Waals surface area contributed by atoms with Crippen molar-refractivity contribution in [1.29, 1.82) is 0 Å². The zero-order valence-electron chi connectivity index (χ0n) is 14.0. The number of nitrogens with one attached hydrogen (secondary N) is 1. The van der Waals surface area contributed by atoms with Crippen LogP contribution in [0.2, 0.25) is 0 Å². The van der Waals surface area contributed by atoms with E-state index in [0.29, 0.717) is 5.92 Å². The third kappa shape index (κ3) is 2.58. The Morgan fingerprint density at radius 1 is 1.04 bits per heavy atom. The Morgan fingerprint density at radius 2 is 1.75 bits per heavy atom. The molecule has 2 fully saturated rings. The third-order valence-corrected chi connectivity index (χ3v) is 5.69. The fraction of sp³-hybridized carbons (Fsp3) is 0.381. The minimum absolute atomic E-state index is 0.0692. The van der Waals surface area contributed by atoms with Crippen LogP contribution in [0.15, 0.2) is 54.6 Å². The highest BCUT2D eigenvalue weighted by Crippen LogP contribution is 2.53. The topological polar surface area (TPSA) is 38.3 Å². The zero-order chi connectivity index (χ0) is 16.6. The number of rotatable bonds is 4. The van der Waals surface area contributed by atoms with Gasteiger partial charge in [0.15, 0.2) is 0 Å². The van der Waals surface area contributed by atoms with Crippen molar-refractivity contribution in [2.75, 3.05) is 13.7 Å². The lowest BCUT2D eigenvalue weighted by Gasteiger charge is -2.42. The Morgan fingerprint density at radius 3 is 2.38 bits per heavy atom. The quantitative estimate of drug-likeness (QED) is 0.933. The molecule has 3 nitrogen and oxygen atoms in total. The van der Waals surface area contributed by atoms with E-state index in [1.807, 2.05) is 24.3 Å². The highest BCUT2D eigenvalue weighted by Gasteiger charge is 2.51. The summed E-state index contributed by atoms with van der Waals surface area (Å²) in [7, 11) is 1.66. The molecule has 1 saturated carbocycles. The number of ether oxygens (including phenoxy) is 1. The third-order valence-electron chi connectivity index (χ3n) is 5.69. The van der Waals surface area contributed by atoms with Crippen LogP contribution in [0.3, 0.4) is 0 Å². The molecular weight excluding hydrogens is 298 g/mol. The van der Waals surface area contributed by atoms with Gasteiger partial charge in [0.1, 0.15) is 5.75 Å². The van der Waals surface area contributed by atoms with E-state index in [9.17, 15) is 4.79 Å². The maximum Gasteiger partial charge on any atom is 0.227 e. The molecule has 0 aromatic heterocycles. The van der Waals surface area contributed by atoms with Crippen LogP contribution in [0.1, 0.15) is 36.3 Å². The van der Waals surface area contributed by atoms with Gasteiger partial charge in [0.2, 0.25) is 5.91 Å². The minimum Gasteiger partial charge on any atom is -0.497 e. The number of methoxy groups -OCH3 is 1. The number of amides is 1. The summed E-state index contributed by atoms with van der Waals surface area (Å²) in [6, 6.07) is 18.7. The average molecular weight is 321 g/mol. The summed E-state index contributed by atoms with van der Waals surface area (Å²) in [4.78, 5) is 12.6. The summed E-state index contributed by atoms with van der Waals surface area (Å²) in [5.74, 6) is 1.56. The summed E-state index contributed by atoms with van der Waals surface area (Å²) in [5.41, 5.74) is 2.51. The summed E-state index contributed by atoms with van der Waals surface area (Å²) in [6.45, 7) is 0.757. The lowest BCUT2D eigenvalue weighted by Crippen LogP contribution is -2.51. The first-order valence-corrected chi connectivity index (χ1v) is 8.70. The van der Waals surface area contributed by atoms with Crippen molar-refractivity contribution in [3.8, 4) is 5.75 Å². The molecule has 1 aliphatic heterocycles. The van der Waals surface area contributed by atoms with Crippen molar-refractivity contribution in [2.45, 2.75) is 30.6 Å². The molecule has 2 aromatic carbocycles. The molecule has 1 amide bonds. The van der Waals surface area contributed by atoms with Crippen LogP contribution in [-0.4, -0.2) is 19.6 Å². The van der Waals surface area contributed by atoms with Gasteiger partial charge >= 0.3 is 0 Å². The monoisotopic (exact) mass is 321 g/mol. The van der Waals surface area contributed by atoms with Crippen LogP contribution >= 0.6 is 0 Å². The molecule has 24 heavy (non-hydrogen) atoms. The SMILES string of the molecule is COc1ccc([C@H]2C[C@](c3ccccc3)(C3CC3)CNC2=O)cc1. The number of hydrogen-bond donors (Lipinski definition) is 1. The van der Waals surface area contributed by atoms with Crippen LogP contribution in [0, 0.1) is 5.92 Å². The molecule has 0 radical (unpaired) electrons. The van der Waals surface area contributed by atoms with Crippen molar-refractivity contribution in [2.24, 2.45) is 5.92 Å². The number of hydrogen-bond acceptors (Lipinski definition) is 2. The Labute approximate surface area is 143 Å². The minimum atomic E-state index is -0.0922. The molecule has 0 unspecified atom stereocenters. The van der Waals surface area contributed by atoms with Gasteiger partial charge in [-0.25, -0.2) is 0 Å². The predicted molar refractivity (Wildman–Crippen MR) is 94.2 cm³/mol. The molecule has 2 aliphatic rings. The van der Waals surface area contributed by atoms with Gasteiger partial charge in [0, 0.05) is 12.0 Å². The van der Waals surface area contributed by atoms with E-state index in [1.165, 1.54) is 18.4 Å². The van der Waals surface area contributed by atoms with E-state index in [4.69, 9.17) is 4.74 Å². The fourth-order valence-electron chi connectivity index (χ4n) is 4.18. The first kappa shape index (κ1) is 15.3. The van der Waals surface area contributed by atoms with Crippen molar-refractivity contribution in [1.82, 2.24) is 5.32 Å². The number of carbonyl (C=O) groups is 1. The summed E-state index contributed by atoms with van der Waals surface area (Å²) in [5, 5.41) is 3.20. The smallest absolute Gasteiger partial charge is 0.227 e. The number of piperidine rings is 1. The average Bonchev–Trinajstić information content (AvgIpc) is 3.49. The molecule has 0 bridgehead atoms. The second-order valence-corrected chi connectivity index (χ2v) is 7.04. The van der Waals surface area contributed by atoms with Crippen LogP contribution in [0.25, 0.3) is 0 Å². The van der Waals surface area contributed by atoms with Gasteiger partial charge in [0.05, 0.1) is 13.0 Å². The van der Waals surface area contributed by atoms with Gasteiger partial charge in [-0.3, -0.25) is 4.79 Å². The first-order chi connectivity index (χ1) is 11.7. The van der Waals surface area contributed by atoms with Crippen molar-refractivity contribution >= 4 is 5.91 Å². The van der Waals surface area contributed by atoms with E-state index in [2.05, 4.69) is 35.6 Å². The highest BCUT2D eigenvalue weighted by atomic mass is 16.5. The maximum atomic E-state index is 12.6. The van der Waals surface area contributed by atoms with Crippen molar-refractivity contribution in [3.63, 3.8) is 0 Å². The van der Waals surface area contributed by atoms with Gasteiger partial charge in [-0.15, -0.1) is 0 Å². The Kier molecular flexibility index (Phi) is 3.79. The summed E-state index contributed by atoms with van der Waals surface area (Å²) in [6.07, 6.45) is 3.42. The van der Waals surface area contributed by atoms with E-state index in [1.54, 1.807) is 7.11 Å². The molecule has 1 aliphatic carbocycles. The molecule has 3 heteroatoms. The molecule has 1 N–H and O–H groups in total. The second kappa shape index (κ2) is 5.97. The van der Waals surface area contributed by atoms with Gasteiger partial charge in [0.25, 0.3) is 0 Å². The van der Waals surface area contributed by atoms with E-state index in [-0.39, 0.29) is 17.2 Å². The molecule has 2 atom stereocenters. The summed E-state index contributed by atoms with van der Waals surface area (Å²) >= 11 is 0. The number of carbonyl (C=O) groups excluding carboxylic acids is 1. The Balaban J connectivity index is 1.69. The lowest BCUT2D eigenvalue weighted by molar-refractivity contribution is -0.125. The van der Waals surface area contributed by atoms with E-state index >= 15 is 0 Å². The maximum absolute atomic E-state index is 12.6. The fourth-order valence-corrected chi connectivity index (χ4v) is 4.18. The standard InChI is InChI=1S/C21H23NO2/c1-24-18-11-7-15(8-12-18)19-13-21(17-9-10-17,14-22-20(19)23)16-5-3-2-4-6-16/h2-8,11-12,17,19H,9-10,13-14H2,1H3,(H,22,23)/t19-,21+/m1/s1. The molecule has 0 spiro atoms. The predicted octanol–water partition coefficient (Wildman–Crippen LogP) is 3.65. The molecule has 1 heterocycles. The second-order valence-electron chi connectivity index (χ2n) is 7.04. The highest BCUT2D eigenvalue weighted by molar-refractivity contribution is 5.85. The lowest BCUT2D eigenvalue weighted by atomic mass is 9.66. The molecular formula is C21H23NO2. The van der Waals surface area contributed by atoms with Crippen LogP contribution < -0.4 is 10.1 Å². The molecule has 124 valence electrons. The largest absolute Gasteiger partial charge is 0.497 e. The van der Waals surface area contributed by atoms with Crippen LogP contribution in [0.5, 0.6) is 5.75 Å². The van der Waals surface area contributed by atoms with Crippen LogP contribution in [0.4, 0.5) is 0 Å². The van der Waals surface area contributed by atoms with Gasteiger partial charge in [-0.2, -0.15) is 0 Å². The van der Waals surface area contributed by atoms with Crippen molar-refractivity contribution in [3.05, 3.63) is 65.7 Å². The summed E-state index contributed by atoms with van der Waals surface area (Å²) < 4.78 is 5.24. The molecule has 2 aromatic rings. The normalized spacial score (nSPS) is 26.7. The van der Waals surface area contributed by atoms with E-state index < -0.39 is 0 Å². The number of benzene rings is 2. The van der Waals surface area contributed by atoms with Gasteiger partial charge < -0.3 is 10.1 Å². The Bertz CT molecular complexity index is 721. The first-order valence-electron chi connectivity index (χ1n) is 8.70.